The summed E-state index contributed by atoms with van der Waals surface area (Å²) in [5.41, 5.74) is -0.362. The molecule has 0 bridgehead atoms. The van der Waals surface area contributed by atoms with Crippen LogP contribution < -0.4 is 10.6 Å². The number of imide groups is 1. The number of amides is 4. The van der Waals surface area contributed by atoms with E-state index in [0.29, 0.717) is 23.6 Å². The van der Waals surface area contributed by atoms with E-state index in [1.165, 1.54) is 0 Å². The Bertz CT molecular complexity index is 669. The van der Waals surface area contributed by atoms with Gasteiger partial charge in [0.2, 0.25) is 5.91 Å². The van der Waals surface area contributed by atoms with E-state index in [4.69, 9.17) is 11.6 Å². The standard InChI is InChI=1S/C17H20ClN3O3/c18-12-7-3-4-8-13(12)19-14(22)11-21-15(23)17(20-16(21)24)9-5-1-2-6-10-17/h3-4,7-8H,1-2,5-6,9-11H2,(H,19,22)(H,20,24). The Morgan fingerprint density at radius 3 is 2.50 bits per heavy atom. The fourth-order valence-electron chi connectivity index (χ4n) is 3.39. The van der Waals surface area contributed by atoms with Gasteiger partial charge in [0.15, 0.2) is 0 Å². The van der Waals surface area contributed by atoms with Crippen molar-refractivity contribution in [2.24, 2.45) is 0 Å². The average Bonchev–Trinajstić information content (AvgIpc) is 2.73. The van der Waals surface area contributed by atoms with Crippen molar-refractivity contribution in [2.45, 2.75) is 44.1 Å². The molecule has 0 radical (unpaired) electrons. The Morgan fingerprint density at radius 2 is 1.83 bits per heavy atom. The van der Waals surface area contributed by atoms with Gasteiger partial charge in [-0.15, -0.1) is 0 Å². The topological polar surface area (TPSA) is 78.5 Å². The van der Waals surface area contributed by atoms with Crippen LogP contribution in [0.15, 0.2) is 24.3 Å². The first-order valence-corrected chi connectivity index (χ1v) is 8.58. The maximum atomic E-state index is 12.7. The molecule has 1 aromatic rings. The van der Waals surface area contributed by atoms with E-state index in [2.05, 4.69) is 10.6 Å². The van der Waals surface area contributed by atoms with Crippen molar-refractivity contribution in [2.75, 3.05) is 11.9 Å². The Labute approximate surface area is 145 Å². The average molecular weight is 350 g/mol. The number of halogens is 1. The lowest BCUT2D eigenvalue weighted by atomic mass is 9.90. The van der Waals surface area contributed by atoms with Gasteiger partial charge in [-0.25, -0.2) is 4.79 Å². The predicted molar refractivity (Wildman–Crippen MR) is 90.8 cm³/mol. The number of hydrogen-bond acceptors (Lipinski definition) is 3. The summed E-state index contributed by atoms with van der Waals surface area (Å²) < 4.78 is 0. The molecule has 7 heteroatoms. The largest absolute Gasteiger partial charge is 0.325 e. The fraction of sp³-hybridized carbons (Fsp3) is 0.471. The van der Waals surface area contributed by atoms with E-state index < -0.39 is 17.5 Å². The van der Waals surface area contributed by atoms with Crippen LogP contribution in [0.4, 0.5) is 10.5 Å². The first-order chi connectivity index (χ1) is 11.5. The smallest absolute Gasteiger partial charge is 0.323 e. The maximum absolute atomic E-state index is 12.7. The molecule has 0 aromatic heterocycles. The first kappa shape index (κ1) is 16.8. The molecule has 6 nitrogen and oxygen atoms in total. The van der Waals surface area contributed by atoms with Crippen LogP contribution in [-0.2, 0) is 9.59 Å². The second-order valence-electron chi connectivity index (χ2n) is 6.35. The molecule has 0 atom stereocenters. The highest BCUT2D eigenvalue weighted by atomic mass is 35.5. The van der Waals surface area contributed by atoms with Crippen LogP contribution in [0, 0.1) is 0 Å². The van der Waals surface area contributed by atoms with E-state index >= 15 is 0 Å². The molecule has 3 rings (SSSR count). The van der Waals surface area contributed by atoms with Gasteiger partial charge in [-0.05, 0) is 25.0 Å². The molecule has 1 heterocycles. The summed E-state index contributed by atoms with van der Waals surface area (Å²) in [5.74, 6) is -0.735. The zero-order valence-electron chi connectivity index (χ0n) is 13.3. The molecular formula is C17H20ClN3O3. The van der Waals surface area contributed by atoms with Crippen LogP contribution in [0.3, 0.4) is 0 Å². The molecule has 1 aliphatic heterocycles. The van der Waals surface area contributed by atoms with Gasteiger partial charge in [0.25, 0.3) is 5.91 Å². The third-order valence-corrected chi connectivity index (χ3v) is 4.98. The van der Waals surface area contributed by atoms with Crippen molar-refractivity contribution in [3.63, 3.8) is 0 Å². The van der Waals surface area contributed by atoms with Crippen molar-refractivity contribution in [1.29, 1.82) is 0 Å². The van der Waals surface area contributed by atoms with Gasteiger partial charge in [0.05, 0.1) is 10.7 Å². The van der Waals surface area contributed by atoms with Crippen molar-refractivity contribution in [1.82, 2.24) is 10.2 Å². The number of urea groups is 1. The molecule has 1 aliphatic carbocycles. The predicted octanol–water partition coefficient (Wildman–Crippen LogP) is 2.92. The van der Waals surface area contributed by atoms with Gasteiger partial charge in [-0.3, -0.25) is 14.5 Å². The molecular weight excluding hydrogens is 330 g/mol. The molecule has 2 aliphatic rings. The lowest BCUT2D eigenvalue weighted by Gasteiger charge is -2.24. The van der Waals surface area contributed by atoms with Crippen LogP contribution in [-0.4, -0.2) is 34.8 Å². The summed E-state index contributed by atoms with van der Waals surface area (Å²) in [7, 11) is 0. The highest BCUT2D eigenvalue weighted by molar-refractivity contribution is 6.33. The molecule has 2 fully saturated rings. The second-order valence-corrected chi connectivity index (χ2v) is 6.75. The van der Waals surface area contributed by atoms with Gasteiger partial charge in [-0.2, -0.15) is 0 Å². The van der Waals surface area contributed by atoms with Gasteiger partial charge in [-0.1, -0.05) is 49.4 Å². The Hall–Kier alpha value is -2.08. The van der Waals surface area contributed by atoms with E-state index in [1.54, 1.807) is 24.3 Å². The number of para-hydroxylation sites is 1. The minimum Gasteiger partial charge on any atom is -0.323 e. The Balaban J connectivity index is 1.68. The highest BCUT2D eigenvalue weighted by Gasteiger charge is 2.51. The molecule has 4 amide bonds. The third kappa shape index (κ3) is 3.24. The normalized spacial score (nSPS) is 20.0. The monoisotopic (exact) mass is 349 g/mol. The summed E-state index contributed by atoms with van der Waals surface area (Å²) >= 11 is 6.00. The number of rotatable bonds is 3. The maximum Gasteiger partial charge on any atom is 0.325 e. The molecule has 2 N–H and O–H groups in total. The zero-order valence-corrected chi connectivity index (χ0v) is 14.1. The third-order valence-electron chi connectivity index (χ3n) is 4.65. The molecule has 128 valence electrons. The molecule has 1 saturated carbocycles. The van der Waals surface area contributed by atoms with E-state index in [9.17, 15) is 14.4 Å². The zero-order chi connectivity index (χ0) is 17.2. The van der Waals surface area contributed by atoms with Crippen LogP contribution in [0.5, 0.6) is 0 Å². The number of nitrogens with zero attached hydrogens (tertiary/aromatic N) is 1. The van der Waals surface area contributed by atoms with Crippen LogP contribution in [0.25, 0.3) is 0 Å². The van der Waals surface area contributed by atoms with Gasteiger partial charge in [0.1, 0.15) is 12.1 Å². The number of anilines is 1. The van der Waals surface area contributed by atoms with E-state index in [0.717, 1.165) is 30.6 Å². The molecule has 1 saturated heterocycles. The number of hydrogen-bond donors (Lipinski definition) is 2. The summed E-state index contributed by atoms with van der Waals surface area (Å²) in [6.07, 6.45) is 5.23. The van der Waals surface area contributed by atoms with Gasteiger partial charge >= 0.3 is 6.03 Å². The van der Waals surface area contributed by atoms with E-state index in [-0.39, 0.29) is 12.5 Å². The number of benzene rings is 1. The summed E-state index contributed by atoms with van der Waals surface area (Å²) in [6.45, 7) is -0.308. The van der Waals surface area contributed by atoms with Gasteiger partial charge < -0.3 is 10.6 Å². The van der Waals surface area contributed by atoms with Crippen LogP contribution >= 0.6 is 11.6 Å². The Morgan fingerprint density at radius 1 is 1.17 bits per heavy atom. The first-order valence-electron chi connectivity index (χ1n) is 8.20. The lowest BCUT2D eigenvalue weighted by molar-refractivity contribution is -0.134. The van der Waals surface area contributed by atoms with E-state index in [1.807, 2.05) is 0 Å². The summed E-state index contributed by atoms with van der Waals surface area (Å²) in [4.78, 5) is 38.2. The van der Waals surface area contributed by atoms with Crippen molar-refractivity contribution in [3.8, 4) is 0 Å². The second kappa shape index (κ2) is 6.81. The highest BCUT2D eigenvalue weighted by Crippen LogP contribution is 2.32. The number of carbonyl (C=O) groups is 3. The SMILES string of the molecule is O=C(CN1C(=O)NC2(CCCCCC2)C1=O)Nc1ccccc1Cl. The quantitative estimate of drug-likeness (QED) is 0.823. The summed E-state index contributed by atoms with van der Waals surface area (Å²) in [5, 5.41) is 5.86. The van der Waals surface area contributed by atoms with Crippen molar-refractivity contribution < 1.29 is 14.4 Å². The van der Waals surface area contributed by atoms with Crippen molar-refractivity contribution in [3.05, 3.63) is 29.3 Å². The number of nitrogens with one attached hydrogen (secondary N) is 2. The number of carbonyl (C=O) groups excluding carboxylic acids is 3. The van der Waals surface area contributed by atoms with Crippen LogP contribution in [0.2, 0.25) is 5.02 Å². The lowest BCUT2D eigenvalue weighted by Crippen LogP contribution is -2.47. The molecule has 24 heavy (non-hydrogen) atoms. The minimum atomic E-state index is -0.821. The Kier molecular flexibility index (Phi) is 4.76. The fourth-order valence-corrected chi connectivity index (χ4v) is 3.57. The minimum absolute atomic E-state index is 0.288. The van der Waals surface area contributed by atoms with Gasteiger partial charge in [0, 0.05) is 0 Å². The summed E-state index contributed by atoms with van der Waals surface area (Å²) in [6, 6.07) is 6.34. The molecule has 0 unspecified atom stereocenters. The van der Waals surface area contributed by atoms with Crippen molar-refractivity contribution >= 4 is 35.1 Å². The molecule has 1 spiro atoms. The van der Waals surface area contributed by atoms with Crippen LogP contribution in [0.1, 0.15) is 38.5 Å². The molecule has 1 aromatic carbocycles.